The normalized spacial score (nSPS) is 17.7. The molecular weight excluding hydrogens is 740 g/mol. The van der Waals surface area contributed by atoms with Crippen molar-refractivity contribution >= 4 is 23.6 Å². The predicted octanol–water partition coefficient (Wildman–Crippen LogP) is 1.47. The largest absolute Gasteiger partial charge is 1.00 e. The Morgan fingerprint density at radius 1 is 0.982 bits per heavy atom. The van der Waals surface area contributed by atoms with Crippen LogP contribution in [0.2, 0.25) is 0 Å². The number of ether oxygens (including phenoxy) is 2. The SMILES string of the molecule is CCC.CCC(C)C(C(CC(=O)N1CCCC1C(OC)C(C)C(=O)NC(Cc1ccccc1)C(=O)NCCCO)OC)N(C)C(=O)C[N-]C(C(C)C)N(C)C.[K+]. The van der Waals surface area contributed by atoms with Gasteiger partial charge in [0.25, 0.3) is 0 Å². The summed E-state index contributed by atoms with van der Waals surface area (Å²) in [6.45, 7) is 15.1. The van der Waals surface area contributed by atoms with Crippen LogP contribution in [0.5, 0.6) is 0 Å². The fraction of sp³-hybridized carbons (Fsp3) is 0.762. The van der Waals surface area contributed by atoms with E-state index >= 15 is 0 Å². The van der Waals surface area contributed by atoms with Crippen molar-refractivity contribution in [2.75, 3.05) is 61.6 Å². The summed E-state index contributed by atoms with van der Waals surface area (Å²) in [6.07, 6.45) is 2.95. The minimum Gasteiger partial charge on any atom is -0.639 e. The van der Waals surface area contributed by atoms with Crippen molar-refractivity contribution in [3.63, 3.8) is 0 Å². The number of rotatable bonds is 23. The zero-order chi connectivity index (χ0) is 41.7. The fourth-order valence-corrected chi connectivity index (χ4v) is 7.36. The Morgan fingerprint density at radius 3 is 2.12 bits per heavy atom. The van der Waals surface area contributed by atoms with E-state index in [2.05, 4.69) is 52.2 Å². The third-order valence-corrected chi connectivity index (χ3v) is 10.4. The number of aliphatic hydroxyl groups is 1. The number of aliphatic hydroxyl groups excluding tert-OH is 1. The molecule has 316 valence electrons. The molecule has 0 bridgehead atoms. The number of nitrogens with zero attached hydrogens (tertiary/aromatic N) is 4. The minimum atomic E-state index is -0.832. The van der Waals surface area contributed by atoms with E-state index in [-0.39, 0.29) is 125 Å². The quantitative estimate of drug-likeness (QED) is 0.111. The maximum atomic E-state index is 14.1. The van der Waals surface area contributed by atoms with Gasteiger partial charge in [0.15, 0.2) is 0 Å². The number of likely N-dealkylation sites (tertiary alicyclic amines) is 1. The number of hydrogen-bond donors (Lipinski definition) is 3. The molecule has 8 unspecified atom stereocenters. The van der Waals surface area contributed by atoms with Gasteiger partial charge in [0.1, 0.15) is 6.04 Å². The van der Waals surface area contributed by atoms with E-state index in [0.717, 1.165) is 18.4 Å². The second kappa shape index (κ2) is 29.7. The van der Waals surface area contributed by atoms with Gasteiger partial charge in [-0.15, -0.1) is 0 Å². The van der Waals surface area contributed by atoms with Crippen molar-refractivity contribution < 1.29 is 85.1 Å². The van der Waals surface area contributed by atoms with Crippen LogP contribution in [0.3, 0.4) is 0 Å². The van der Waals surface area contributed by atoms with Crippen molar-refractivity contribution in [2.45, 2.75) is 130 Å². The Bertz CT molecular complexity index is 1250. The first-order valence-electron chi connectivity index (χ1n) is 20.3. The van der Waals surface area contributed by atoms with Crippen LogP contribution in [0.25, 0.3) is 5.32 Å². The van der Waals surface area contributed by atoms with Crippen LogP contribution in [0.15, 0.2) is 30.3 Å². The van der Waals surface area contributed by atoms with E-state index in [4.69, 9.17) is 14.8 Å². The molecule has 1 aliphatic rings. The number of hydrogen-bond acceptors (Lipinski definition) is 8. The molecule has 1 aliphatic heterocycles. The molecule has 2 rings (SSSR count). The maximum absolute atomic E-state index is 14.1. The summed E-state index contributed by atoms with van der Waals surface area (Å²) < 4.78 is 11.9. The Hall–Kier alpha value is -1.46. The molecular formula is C42H75KN6O7. The van der Waals surface area contributed by atoms with Gasteiger partial charge in [-0.2, -0.15) is 0 Å². The summed E-state index contributed by atoms with van der Waals surface area (Å²) in [6, 6.07) is 7.91. The van der Waals surface area contributed by atoms with Crippen molar-refractivity contribution in [1.29, 1.82) is 0 Å². The third-order valence-electron chi connectivity index (χ3n) is 10.4. The number of amides is 4. The van der Waals surface area contributed by atoms with Gasteiger partial charge in [0.2, 0.25) is 23.6 Å². The summed E-state index contributed by atoms with van der Waals surface area (Å²) in [5.74, 6) is -1.31. The Balaban J connectivity index is 0.00000731. The average Bonchev–Trinajstić information content (AvgIpc) is 3.64. The smallest absolute Gasteiger partial charge is 0.639 e. The molecule has 1 saturated heterocycles. The van der Waals surface area contributed by atoms with Gasteiger partial charge >= 0.3 is 51.4 Å². The van der Waals surface area contributed by atoms with Gasteiger partial charge in [-0.25, -0.2) is 0 Å². The molecule has 4 amide bonds. The van der Waals surface area contributed by atoms with Crippen molar-refractivity contribution in [3.05, 3.63) is 41.2 Å². The van der Waals surface area contributed by atoms with Gasteiger partial charge in [-0.05, 0) is 44.8 Å². The van der Waals surface area contributed by atoms with Gasteiger partial charge in [0.05, 0.1) is 36.6 Å². The van der Waals surface area contributed by atoms with Gasteiger partial charge in [0, 0.05) is 47.4 Å². The molecule has 1 aromatic rings. The van der Waals surface area contributed by atoms with Crippen LogP contribution in [-0.2, 0) is 35.1 Å². The van der Waals surface area contributed by atoms with Gasteiger partial charge in [-0.1, -0.05) is 110 Å². The van der Waals surface area contributed by atoms with E-state index < -0.39 is 24.2 Å². The zero-order valence-electron chi connectivity index (χ0n) is 37.0. The first kappa shape index (κ1) is 54.5. The third kappa shape index (κ3) is 17.8. The molecule has 3 N–H and O–H groups in total. The molecule has 56 heavy (non-hydrogen) atoms. The minimum absolute atomic E-state index is 0. The van der Waals surface area contributed by atoms with Crippen molar-refractivity contribution in [2.24, 2.45) is 17.8 Å². The molecule has 0 aromatic heterocycles. The standard InChI is InChI=1S/C39H67N6O7.C3H8.K/c1-11-27(4)35(44(8)34(48)25-41-37(26(2)3)43(6)7)32(51-9)24-33(47)45-21-15-19-31(45)36(52-10)28(5)38(49)42-30(39(50)40-20-16-22-46)23-29-17-13-12-14-18-29;1-3-2;/h12-14,17-18,26-28,30-32,35-37,46H,11,15-16,19-25H2,1-10H3,(H,40,50)(H,42,49);3H2,1-2H3;/q-1;;+1. The summed E-state index contributed by atoms with van der Waals surface area (Å²) in [7, 11) is 8.79. The number of carbonyl (C=O) groups is 4. The molecule has 0 saturated carbocycles. The molecule has 8 atom stereocenters. The Kier molecular flexibility index (Phi) is 28.9. The zero-order valence-corrected chi connectivity index (χ0v) is 40.2. The fourth-order valence-electron chi connectivity index (χ4n) is 7.36. The molecule has 14 heteroatoms. The van der Waals surface area contributed by atoms with Crippen LogP contribution < -0.4 is 62.0 Å². The number of carbonyl (C=O) groups excluding carboxylic acids is 4. The molecule has 0 radical (unpaired) electrons. The Morgan fingerprint density at radius 2 is 1.61 bits per heavy atom. The average molecular weight is 815 g/mol. The van der Waals surface area contributed by atoms with E-state index in [0.29, 0.717) is 32.4 Å². The number of benzene rings is 1. The molecule has 1 heterocycles. The van der Waals surface area contributed by atoms with Gasteiger partial charge < -0.3 is 45.2 Å². The van der Waals surface area contributed by atoms with Crippen molar-refractivity contribution in [3.8, 4) is 0 Å². The second-order valence-corrected chi connectivity index (χ2v) is 15.4. The topological polar surface area (TPSA) is 155 Å². The number of methoxy groups -OCH3 is 2. The van der Waals surface area contributed by atoms with E-state index in [1.54, 1.807) is 38.0 Å². The first-order valence-corrected chi connectivity index (χ1v) is 20.3. The Labute approximate surface area is 381 Å². The number of likely N-dealkylation sites (N-methyl/N-ethyl adjacent to an activating group) is 1. The molecule has 0 aliphatic carbocycles. The van der Waals surface area contributed by atoms with E-state index in [1.165, 1.54) is 6.42 Å². The van der Waals surface area contributed by atoms with Crippen LogP contribution in [0.4, 0.5) is 0 Å². The molecule has 13 nitrogen and oxygen atoms in total. The van der Waals surface area contributed by atoms with E-state index in [9.17, 15) is 24.3 Å². The molecule has 1 fully saturated rings. The number of nitrogens with one attached hydrogen (secondary N) is 2. The van der Waals surface area contributed by atoms with E-state index in [1.807, 2.05) is 49.3 Å². The summed E-state index contributed by atoms with van der Waals surface area (Å²) in [4.78, 5) is 60.0. The summed E-state index contributed by atoms with van der Waals surface area (Å²) in [5.41, 5.74) is 0.895. The van der Waals surface area contributed by atoms with Crippen molar-refractivity contribution in [1.82, 2.24) is 25.3 Å². The van der Waals surface area contributed by atoms with Gasteiger partial charge in [-0.3, -0.25) is 19.2 Å². The van der Waals surface area contributed by atoms with Crippen LogP contribution in [0, 0.1) is 17.8 Å². The molecule has 1 aromatic carbocycles. The summed E-state index contributed by atoms with van der Waals surface area (Å²) >= 11 is 0. The summed E-state index contributed by atoms with van der Waals surface area (Å²) in [5, 5.41) is 19.6. The monoisotopic (exact) mass is 815 g/mol. The maximum Gasteiger partial charge on any atom is 1.00 e. The first-order chi connectivity index (χ1) is 26.1. The van der Waals surface area contributed by atoms with Crippen LogP contribution in [0.1, 0.15) is 92.6 Å². The van der Waals surface area contributed by atoms with Crippen LogP contribution >= 0.6 is 0 Å². The molecule has 0 spiro atoms. The van der Waals surface area contributed by atoms with Crippen LogP contribution in [-0.4, -0.2) is 142 Å². The predicted molar refractivity (Wildman–Crippen MR) is 219 cm³/mol. The second-order valence-electron chi connectivity index (χ2n) is 15.4.